The van der Waals surface area contributed by atoms with Crippen molar-refractivity contribution in [1.29, 1.82) is 0 Å². The fraction of sp³-hybridized carbons (Fsp3) is 0. The SMILES string of the molecule is O=C(O)c1nc2n(n1)-c1ccccc1S(=O)(=O)N2. The van der Waals surface area contributed by atoms with Crippen molar-refractivity contribution < 1.29 is 18.3 Å². The van der Waals surface area contributed by atoms with Crippen LogP contribution in [-0.2, 0) is 10.0 Å². The third kappa shape index (κ3) is 1.37. The van der Waals surface area contributed by atoms with Crippen molar-refractivity contribution in [1.82, 2.24) is 14.8 Å². The molecule has 1 aliphatic heterocycles. The van der Waals surface area contributed by atoms with E-state index in [1.165, 1.54) is 12.1 Å². The number of aromatic nitrogens is 3. The third-order valence-electron chi connectivity index (χ3n) is 2.41. The summed E-state index contributed by atoms with van der Waals surface area (Å²) in [6.07, 6.45) is 0. The van der Waals surface area contributed by atoms with Gasteiger partial charge in [0.05, 0.1) is 5.69 Å². The van der Waals surface area contributed by atoms with Crippen molar-refractivity contribution in [2.45, 2.75) is 4.90 Å². The van der Waals surface area contributed by atoms with E-state index in [2.05, 4.69) is 14.8 Å². The molecule has 0 amide bonds. The first-order chi connectivity index (χ1) is 8.49. The molecule has 0 radical (unpaired) electrons. The minimum Gasteiger partial charge on any atom is -0.475 e. The van der Waals surface area contributed by atoms with Crippen LogP contribution in [0.2, 0.25) is 0 Å². The van der Waals surface area contributed by atoms with E-state index in [1.807, 2.05) is 0 Å². The summed E-state index contributed by atoms with van der Waals surface area (Å²) in [4.78, 5) is 14.4. The van der Waals surface area contributed by atoms with Gasteiger partial charge in [-0.1, -0.05) is 12.1 Å². The first-order valence-corrected chi connectivity index (χ1v) is 6.30. The summed E-state index contributed by atoms with van der Waals surface area (Å²) >= 11 is 0. The van der Waals surface area contributed by atoms with Gasteiger partial charge in [-0.3, -0.25) is 0 Å². The second-order valence-electron chi connectivity index (χ2n) is 3.55. The van der Waals surface area contributed by atoms with E-state index in [9.17, 15) is 13.2 Å². The number of aromatic carboxylic acids is 1. The van der Waals surface area contributed by atoms with Gasteiger partial charge in [0.25, 0.3) is 15.8 Å². The Morgan fingerprint density at radius 2 is 2.06 bits per heavy atom. The Labute approximate surface area is 101 Å². The van der Waals surface area contributed by atoms with E-state index < -0.39 is 21.8 Å². The van der Waals surface area contributed by atoms with Crippen LogP contribution in [0, 0.1) is 0 Å². The lowest BCUT2D eigenvalue weighted by atomic mass is 10.3. The summed E-state index contributed by atoms with van der Waals surface area (Å²) < 4.78 is 27.1. The standard InChI is InChI=1S/C9H6N4O4S/c14-8(15)7-10-9-12-18(16,17)6-4-2-1-3-5(6)13(9)11-7/h1-4H,(H,14,15)(H,10,11,12). The average Bonchev–Trinajstić information content (AvgIpc) is 2.72. The van der Waals surface area contributed by atoms with Crippen LogP contribution in [0.1, 0.15) is 10.6 Å². The van der Waals surface area contributed by atoms with E-state index in [1.54, 1.807) is 12.1 Å². The maximum Gasteiger partial charge on any atom is 0.375 e. The molecule has 0 unspecified atom stereocenters. The van der Waals surface area contributed by atoms with Gasteiger partial charge in [0.2, 0.25) is 5.95 Å². The van der Waals surface area contributed by atoms with Crippen molar-refractivity contribution in [2.75, 3.05) is 4.72 Å². The largest absolute Gasteiger partial charge is 0.475 e. The van der Waals surface area contributed by atoms with Crippen molar-refractivity contribution in [3.05, 3.63) is 30.1 Å². The zero-order valence-corrected chi connectivity index (χ0v) is 9.55. The maximum absolute atomic E-state index is 11.9. The molecule has 0 spiro atoms. The molecule has 0 aliphatic carbocycles. The van der Waals surface area contributed by atoms with Gasteiger partial charge in [0, 0.05) is 0 Å². The summed E-state index contributed by atoms with van der Waals surface area (Å²) in [5, 5.41) is 12.5. The topological polar surface area (TPSA) is 114 Å². The van der Waals surface area contributed by atoms with Gasteiger partial charge in [0.15, 0.2) is 0 Å². The minimum atomic E-state index is -3.73. The first-order valence-electron chi connectivity index (χ1n) is 4.81. The number of nitrogens with one attached hydrogen (secondary N) is 1. The number of fused-ring (bicyclic) bond motifs is 3. The zero-order valence-electron chi connectivity index (χ0n) is 8.73. The summed E-state index contributed by atoms with van der Waals surface area (Å²) in [5.41, 5.74) is 0.270. The van der Waals surface area contributed by atoms with Crippen LogP contribution in [0.25, 0.3) is 5.69 Å². The smallest absolute Gasteiger partial charge is 0.375 e. The number of carboxylic acids is 1. The van der Waals surface area contributed by atoms with Gasteiger partial charge >= 0.3 is 5.97 Å². The molecule has 2 N–H and O–H groups in total. The summed E-state index contributed by atoms with van der Waals surface area (Å²) in [7, 11) is -3.73. The highest BCUT2D eigenvalue weighted by Gasteiger charge is 2.30. The van der Waals surface area contributed by atoms with Gasteiger partial charge < -0.3 is 5.11 Å². The Kier molecular flexibility index (Phi) is 1.96. The van der Waals surface area contributed by atoms with E-state index in [0.717, 1.165) is 4.68 Å². The molecule has 2 aromatic rings. The number of carbonyl (C=O) groups is 1. The molecule has 92 valence electrons. The monoisotopic (exact) mass is 266 g/mol. The average molecular weight is 266 g/mol. The van der Waals surface area contributed by atoms with Crippen LogP contribution >= 0.6 is 0 Å². The van der Waals surface area contributed by atoms with Gasteiger partial charge in [-0.05, 0) is 12.1 Å². The van der Waals surface area contributed by atoms with Crippen LogP contribution in [0.5, 0.6) is 0 Å². The van der Waals surface area contributed by atoms with Gasteiger partial charge in [0.1, 0.15) is 4.90 Å². The molecular formula is C9H6N4O4S. The fourth-order valence-electron chi connectivity index (χ4n) is 1.67. The second kappa shape index (κ2) is 3.29. The highest BCUT2D eigenvalue weighted by molar-refractivity contribution is 7.92. The Hall–Kier alpha value is -2.42. The van der Waals surface area contributed by atoms with Crippen molar-refractivity contribution in [3.63, 3.8) is 0 Å². The highest BCUT2D eigenvalue weighted by Crippen LogP contribution is 2.28. The molecule has 3 rings (SSSR count). The number of anilines is 1. The van der Waals surface area contributed by atoms with E-state index in [0.29, 0.717) is 0 Å². The molecule has 18 heavy (non-hydrogen) atoms. The zero-order chi connectivity index (χ0) is 12.9. The number of benzene rings is 1. The number of hydrogen-bond acceptors (Lipinski definition) is 5. The molecule has 1 aromatic heterocycles. The second-order valence-corrected chi connectivity index (χ2v) is 5.20. The number of sulfonamides is 1. The molecule has 0 saturated heterocycles. The number of carboxylic acid groups (broad SMARTS) is 1. The molecule has 0 saturated carbocycles. The third-order valence-corrected chi connectivity index (χ3v) is 3.78. The predicted octanol–water partition coefficient (Wildman–Crippen LogP) is 0.0797. The van der Waals surface area contributed by atoms with Crippen LogP contribution in [-0.4, -0.2) is 34.3 Å². The normalized spacial score (nSPS) is 15.3. The Balaban J connectivity index is 2.33. The summed E-state index contributed by atoms with van der Waals surface area (Å²) in [6.45, 7) is 0. The Morgan fingerprint density at radius 1 is 1.33 bits per heavy atom. The van der Waals surface area contributed by atoms with Crippen molar-refractivity contribution >= 4 is 21.9 Å². The van der Waals surface area contributed by atoms with Crippen LogP contribution in [0.3, 0.4) is 0 Å². The van der Waals surface area contributed by atoms with Crippen LogP contribution < -0.4 is 4.72 Å². The maximum atomic E-state index is 11.9. The number of nitrogens with zero attached hydrogens (tertiary/aromatic N) is 3. The van der Waals surface area contributed by atoms with Gasteiger partial charge in [-0.25, -0.2) is 17.9 Å². The lowest BCUT2D eigenvalue weighted by Crippen LogP contribution is -2.23. The van der Waals surface area contributed by atoms with Crippen LogP contribution in [0.4, 0.5) is 5.95 Å². The quantitative estimate of drug-likeness (QED) is 0.755. The molecular weight excluding hydrogens is 260 g/mol. The number of rotatable bonds is 1. The lowest BCUT2D eigenvalue weighted by molar-refractivity contribution is 0.0683. The van der Waals surface area contributed by atoms with E-state index >= 15 is 0 Å². The van der Waals surface area contributed by atoms with Crippen molar-refractivity contribution in [3.8, 4) is 5.69 Å². The lowest BCUT2D eigenvalue weighted by Gasteiger charge is -2.17. The van der Waals surface area contributed by atoms with Crippen LogP contribution in [0.15, 0.2) is 29.2 Å². The highest BCUT2D eigenvalue weighted by atomic mass is 32.2. The minimum absolute atomic E-state index is 0.0272. The molecule has 2 heterocycles. The summed E-state index contributed by atoms with van der Waals surface area (Å²) in [6, 6.07) is 6.13. The fourth-order valence-corrected chi connectivity index (χ4v) is 2.84. The first kappa shape index (κ1) is 10.7. The van der Waals surface area contributed by atoms with Gasteiger partial charge in [-0.2, -0.15) is 9.67 Å². The number of para-hydroxylation sites is 1. The molecule has 9 heteroatoms. The predicted molar refractivity (Wildman–Crippen MR) is 59.1 cm³/mol. The molecule has 0 atom stereocenters. The van der Waals surface area contributed by atoms with Crippen molar-refractivity contribution in [2.24, 2.45) is 0 Å². The summed E-state index contributed by atoms with van der Waals surface area (Å²) in [5.74, 6) is -1.93. The Morgan fingerprint density at radius 3 is 2.78 bits per heavy atom. The van der Waals surface area contributed by atoms with Gasteiger partial charge in [-0.15, -0.1) is 5.10 Å². The Bertz CT molecular complexity index is 765. The number of hydrogen-bond donors (Lipinski definition) is 2. The molecule has 1 aromatic carbocycles. The molecule has 0 bridgehead atoms. The van der Waals surface area contributed by atoms with E-state index in [-0.39, 0.29) is 16.5 Å². The molecule has 1 aliphatic rings. The molecule has 0 fully saturated rings. The molecule has 8 nitrogen and oxygen atoms in total. The van der Waals surface area contributed by atoms with E-state index in [4.69, 9.17) is 5.11 Å².